The number of nitrogens with one attached hydrogen (secondary N) is 1. The third kappa shape index (κ3) is 3.72. The number of hydrogen-bond acceptors (Lipinski definition) is 7. The first-order valence-corrected chi connectivity index (χ1v) is 9.81. The van der Waals surface area contributed by atoms with Crippen molar-refractivity contribution in [2.45, 2.75) is 5.16 Å². The summed E-state index contributed by atoms with van der Waals surface area (Å²) in [5, 5.41) is 12.0. The second kappa shape index (κ2) is 7.51. The maximum absolute atomic E-state index is 12.3. The predicted octanol–water partition coefficient (Wildman–Crippen LogP) is 3.77. The van der Waals surface area contributed by atoms with Gasteiger partial charge in [-0.25, -0.2) is 4.68 Å². The first kappa shape index (κ1) is 17.7. The van der Waals surface area contributed by atoms with E-state index in [2.05, 4.69) is 24.2 Å². The molecule has 136 valence electrons. The summed E-state index contributed by atoms with van der Waals surface area (Å²) in [6, 6.07) is 12.6. The Kier molecular flexibility index (Phi) is 4.92. The molecule has 0 atom stereocenters. The van der Waals surface area contributed by atoms with Gasteiger partial charge in [0.2, 0.25) is 11.1 Å². The average Bonchev–Trinajstić information content (AvgIpc) is 3.28. The second-order valence-electron chi connectivity index (χ2n) is 5.46. The number of carbonyl (C=O) groups excluding carboxylic acids is 1. The summed E-state index contributed by atoms with van der Waals surface area (Å²) in [6.07, 6.45) is 0. The molecule has 3 N–H and O–H groups in total. The number of halogens is 1. The number of aromatic nitrogens is 3. The highest BCUT2D eigenvalue weighted by molar-refractivity contribution is 7.99. The minimum atomic E-state index is -0.198. The Morgan fingerprint density at radius 2 is 2.00 bits per heavy atom. The van der Waals surface area contributed by atoms with E-state index >= 15 is 0 Å². The van der Waals surface area contributed by atoms with Crippen LogP contribution in [0.5, 0.6) is 0 Å². The van der Waals surface area contributed by atoms with Gasteiger partial charge in [0, 0.05) is 10.6 Å². The van der Waals surface area contributed by atoms with Crippen LogP contribution in [-0.2, 0) is 16.1 Å². The van der Waals surface area contributed by atoms with E-state index in [4.69, 9.17) is 17.4 Å². The summed E-state index contributed by atoms with van der Waals surface area (Å²) in [6.45, 7) is 0. The Bertz CT molecular complexity index is 1090. The van der Waals surface area contributed by atoms with E-state index in [1.165, 1.54) is 16.4 Å². The third-order valence-corrected chi connectivity index (χ3v) is 5.40. The summed E-state index contributed by atoms with van der Waals surface area (Å²) < 4.78 is 9.71. The van der Waals surface area contributed by atoms with Gasteiger partial charge in [0.1, 0.15) is 11.4 Å². The molecule has 11 heteroatoms. The Hall–Kier alpha value is -2.69. The minimum absolute atomic E-state index is 0.129. The van der Waals surface area contributed by atoms with Crippen LogP contribution in [0.4, 0.5) is 17.1 Å². The maximum atomic E-state index is 12.3. The monoisotopic (exact) mass is 417 g/mol. The highest BCUT2D eigenvalue weighted by atomic mass is 35.5. The molecule has 1 amide bonds. The number of hydrogen-bond donors (Lipinski definition) is 2. The summed E-state index contributed by atoms with van der Waals surface area (Å²) in [4.78, 5) is 12.3. The second-order valence-corrected chi connectivity index (χ2v) is 7.36. The number of nitrogens with zero attached hydrogens (tertiary/aromatic N) is 5. The van der Waals surface area contributed by atoms with Crippen LogP contribution in [0.25, 0.3) is 11.4 Å². The molecule has 2 heterocycles. The quantitative estimate of drug-likeness (QED) is 0.379. The van der Waals surface area contributed by atoms with Crippen LogP contribution >= 0.6 is 23.4 Å². The lowest BCUT2D eigenvalue weighted by Gasteiger charge is -2.07. The summed E-state index contributed by atoms with van der Waals surface area (Å²) in [7, 11) is 0. The largest absolute Gasteiger partial charge is 0.335 e. The van der Waals surface area contributed by atoms with E-state index in [0.29, 0.717) is 27.4 Å². The van der Waals surface area contributed by atoms with Crippen LogP contribution in [0.1, 0.15) is 0 Å². The lowest BCUT2D eigenvalue weighted by atomic mass is 10.2. The van der Waals surface area contributed by atoms with Gasteiger partial charge in [-0.15, -0.1) is 10.2 Å². The van der Waals surface area contributed by atoms with E-state index < -0.39 is 0 Å². The van der Waals surface area contributed by atoms with Gasteiger partial charge in [-0.2, -0.15) is 8.73 Å². The van der Waals surface area contributed by atoms with Gasteiger partial charge in [0.05, 0.1) is 22.8 Å². The van der Waals surface area contributed by atoms with Crippen molar-refractivity contribution in [3.05, 3.63) is 47.5 Å². The number of fused-ring (bicyclic) bond motifs is 1. The molecule has 0 bridgehead atoms. The molecule has 0 saturated carbocycles. The first-order chi connectivity index (χ1) is 13.1. The molecule has 0 unspecified atom stereocenters. The SMILES string of the molecule is Nn1c(SCC(=O)Nc2cccc3c2N=S=N3)nnc1-c1ccc(Cl)cc1. The number of nitrogen functional groups attached to an aromatic ring is 1. The van der Waals surface area contributed by atoms with Crippen LogP contribution in [0.3, 0.4) is 0 Å². The van der Waals surface area contributed by atoms with Crippen molar-refractivity contribution in [1.29, 1.82) is 0 Å². The van der Waals surface area contributed by atoms with Gasteiger partial charge in [-0.1, -0.05) is 29.4 Å². The Morgan fingerprint density at radius 3 is 2.81 bits per heavy atom. The normalized spacial score (nSPS) is 11.9. The number of anilines is 1. The molecule has 1 aliphatic heterocycles. The fraction of sp³-hybridized carbons (Fsp3) is 0.0625. The topological polar surface area (TPSA) is 111 Å². The summed E-state index contributed by atoms with van der Waals surface area (Å²) in [5.41, 5.74) is 2.84. The minimum Gasteiger partial charge on any atom is -0.335 e. The predicted molar refractivity (Wildman–Crippen MR) is 108 cm³/mol. The van der Waals surface area contributed by atoms with Crippen molar-refractivity contribution in [2.24, 2.45) is 8.73 Å². The lowest BCUT2D eigenvalue weighted by molar-refractivity contribution is -0.113. The molecule has 0 spiro atoms. The summed E-state index contributed by atoms with van der Waals surface area (Å²) >= 11 is 8.19. The van der Waals surface area contributed by atoms with Gasteiger partial charge in [0.25, 0.3) is 0 Å². The Labute approximate surface area is 167 Å². The first-order valence-electron chi connectivity index (χ1n) is 7.72. The van der Waals surface area contributed by atoms with E-state index in [1.54, 1.807) is 30.3 Å². The zero-order chi connectivity index (χ0) is 18.8. The van der Waals surface area contributed by atoms with E-state index in [0.717, 1.165) is 22.6 Å². The van der Waals surface area contributed by atoms with Gasteiger partial charge in [0.15, 0.2) is 5.82 Å². The standard InChI is InChI=1S/C16H12ClN7OS2/c17-10-6-4-9(5-7-10)15-20-21-16(24(15)18)26-8-13(25)19-11-2-1-3-12-14(11)23-27-22-12/h1-7H,8,18H2,(H,19,25). The van der Waals surface area contributed by atoms with Crippen LogP contribution in [0.15, 0.2) is 56.3 Å². The molecule has 0 radical (unpaired) electrons. The molecule has 4 rings (SSSR count). The fourth-order valence-electron chi connectivity index (χ4n) is 2.39. The van der Waals surface area contributed by atoms with Crippen molar-refractivity contribution < 1.29 is 4.79 Å². The number of amides is 1. The number of benzene rings is 2. The molecule has 1 aliphatic rings. The maximum Gasteiger partial charge on any atom is 0.234 e. The van der Waals surface area contributed by atoms with Gasteiger partial charge < -0.3 is 11.2 Å². The van der Waals surface area contributed by atoms with Crippen LogP contribution < -0.4 is 11.2 Å². The van der Waals surface area contributed by atoms with Crippen molar-refractivity contribution in [3.63, 3.8) is 0 Å². The molecule has 2 aromatic carbocycles. The van der Waals surface area contributed by atoms with Gasteiger partial charge in [-0.3, -0.25) is 4.79 Å². The Morgan fingerprint density at radius 1 is 1.19 bits per heavy atom. The van der Waals surface area contributed by atoms with Crippen LogP contribution in [0, 0.1) is 0 Å². The van der Waals surface area contributed by atoms with Crippen molar-refractivity contribution in [2.75, 3.05) is 16.9 Å². The molecule has 1 aromatic heterocycles. The van der Waals surface area contributed by atoms with E-state index in [-0.39, 0.29) is 11.7 Å². The van der Waals surface area contributed by atoms with Crippen molar-refractivity contribution in [3.8, 4) is 11.4 Å². The Balaban J connectivity index is 1.42. The van der Waals surface area contributed by atoms with Crippen molar-refractivity contribution in [1.82, 2.24) is 14.9 Å². The van der Waals surface area contributed by atoms with E-state index in [9.17, 15) is 4.79 Å². The molecule has 0 fully saturated rings. The molecular weight excluding hydrogens is 406 g/mol. The molecule has 3 aromatic rings. The van der Waals surface area contributed by atoms with E-state index in [1.807, 2.05) is 12.1 Å². The average molecular weight is 418 g/mol. The number of carbonyl (C=O) groups is 1. The fourth-order valence-corrected chi connectivity index (χ4v) is 3.73. The molecule has 0 aliphatic carbocycles. The molecular formula is C16H12ClN7OS2. The van der Waals surface area contributed by atoms with Crippen LogP contribution in [0.2, 0.25) is 5.02 Å². The third-order valence-electron chi connectivity index (χ3n) is 3.66. The molecule has 27 heavy (non-hydrogen) atoms. The number of nitrogens with two attached hydrogens (primary N) is 1. The van der Waals surface area contributed by atoms with Crippen molar-refractivity contribution >= 4 is 57.7 Å². The smallest absolute Gasteiger partial charge is 0.234 e. The van der Waals surface area contributed by atoms with Gasteiger partial charge in [-0.05, 0) is 36.4 Å². The lowest BCUT2D eigenvalue weighted by Crippen LogP contribution is -2.16. The zero-order valence-electron chi connectivity index (χ0n) is 13.7. The van der Waals surface area contributed by atoms with Gasteiger partial charge >= 0.3 is 0 Å². The summed E-state index contributed by atoms with van der Waals surface area (Å²) in [5.74, 6) is 6.49. The van der Waals surface area contributed by atoms with Crippen LogP contribution in [-0.4, -0.2) is 26.5 Å². The number of thioether (sulfide) groups is 1. The zero-order valence-corrected chi connectivity index (χ0v) is 16.1. The number of rotatable bonds is 5. The molecule has 0 saturated heterocycles. The highest BCUT2D eigenvalue weighted by Crippen LogP contribution is 2.38. The highest BCUT2D eigenvalue weighted by Gasteiger charge is 2.16. The molecule has 8 nitrogen and oxygen atoms in total.